The van der Waals surface area contributed by atoms with E-state index in [1.54, 1.807) is 0 Å². The van der Waals surface area contributed by atoms with Gasteiger partial charge in [-0.3, -0.25) is 15.0 Å². The molecule has 1 atom stereocenters. The zero-order valence-electron chi connectivity index (χ0n) is 17.6. The molecule has 0 radical (unpaired) electrons. The third kappa shape index (κ3) is 5.73. The molecule has 2 N–H and O–H groups in total. The van der Waals surface area contributed by atoms with Crippen LogP contribution in [0.1, 0.15) is 19.4 Å². The van der Waals surface area contributed by atoms with Crippen molar-refractivity contribution in [3.8, 4) is 5.75 Å². The predicted molar refractivity (Wildman–Crippen MR) is 118 cm³/mol. The van der Waals surface area contributed by atoms with Crippen LogP contribution in [-0.4, -0.2) is 55.7 Å². The Kier molecular flexibility index (Phi) is 7.68. The summed E-state index contributed by atoms with van der Waals surface area (Å²) < 4.78 is 5.74. The minimum absolute atomic E-state index is 0.288. The van der Waals surface area contributed by atoms with Crippen molar-refractivity contribution < 1.29 is 14.3 Å². The summed E-state index contributed by atoms with van der Waals surface area (Å²) in [7, 11) is 0. The Bertz CT molecular complexity index is 835. The molecule has 1 aliphatic heterocycles. The lowest BCUT2D eigenvalue weighted by Crippen LogP contribution is -2.55. The number of piperazine rings is 1. The van der Waals surface area contributed by atoms with E-state index >= 15 is 0 Å². The molecule has 1 aliphatic rings. The zero-order valence-corrected chi connectivity index (χ0v) is 17.6. The Morgan fingerprint density at radius 1 is 1.00 bits per heavy atom. The Hall–Kier alpha value is -3.06. The lowest BCUT2D eigenvalue weighted by atomic mass is 10.2. The number of anilines is 1. The van der Waals surface area contributed by atoms with Crippen molar-refractivity contribution in [3.63, 3.8) is 0 Å². The summed E-state index contributed by atoms with van der Waals surface area (Å²) in [4.78, 5) is 28.9. The highest BCUT2D eigenvalue weighted by Gasteiger charge is 2.27. The first-order valence-electron chi connectivity index (χ1n) is 10.4. The second-order valence-electron chi connectivity index (χ2n) is 7.26. The highest BCUT2D eigenvalue weighted by atomic mass is 16.5. The van der Waals surface area contributed by atoms with Crippen molar-refractivity contribution in [2.24, 2.45) is 0 Å². The van der Waals surface area contributed by atoms with Crippen molar-refractivity contribution in [2.75, 3.05) is 37.7 Å². The topological polar surface area (TPSA) is 73.9 Å². The van der Waals surface area contributed by atoms with E-state index in [0.29, 0.717) is 13.2 Å². The fourth-order valence-electron chi connectivity index (χ4n) is 3.55. The van der Waals surface area contributed by atoms with Gasteiger partial charge < -0.3 is 15.0 Å². The number of urea groups is 1. The lowest BCUT2D eigenvalue weighted by molar-refractivity contribution is -0.124. The number of para-hydroxylation sites is 2. The predicted octanol–water partition coefficient (Wildman–Crippen LogP) is 2.62. The van der Waals surface area contributed by atoms with Crippen LogP contribution >= 0.6 is 0 Å². The third-order valence-electron chi connectivity index (χ3n) is 5.28. The van der Waals surface area contributed by atoms with Crippen LogP contribution in [0.4, 0.5) is 10.5 Å². The van der Waals surface area contributed by atoms with Crippen molar-refractivity contribution >= 4 is 17.6 Å². The quantitative estimate of drug-likeness (QED) is 0.734. The molecular formula is C23H30N4O3. The van der Waals surface area contributed by atoms with Gasteiger partial charge in [-0.15, -0.1) is 0 Å². The van der Waals surface area contributed by atoms with E-state index in [1.807, 2.05) is 62.4 Å². The number of nitrogens with zero attached hydrogens (tertiary/aromatic N) is 2. The summed E-state index contributed by atoms with van der Waals surface area (Å²) >= 11 is 0. The minimum Gasteiger partial charge on any atom is -0.492 e. The van der Waals surface area contributed by atoms with Crippen molar-refractivity contribution in [2.45, 2.75) is 26.4 Å². The highest BCUT2D eigenvalue weighted by Crippen LogP contribution is 2.29. The molecule has 1 unspecified atom stereocenters. The molecule has 1 saturated heterocycles. The van der Waals surface area contributed by atoms with Crippen LogP contribution in [0.15, 0.2) is 54.6 Å². The maximum atomic E-state index is 12.5. The number of rotatable bonds is 7. The molecule has 2 aromatic carbocycles. The lowest BCUT2D eigenvalue weighted by Gasteiger charge is -2.38. The smallest absolute Gasteiger partial charge is 0.321 e. The number of ether oxygens (including phenoxy) is 1. The molecule has 7 heteroatoms. The molecule has 1 heterocycles. The first kappa shape index (κ1) is 21.6. The number of amides is 3. The van der Waals surface area contributed by atoms with Gasteiger partial charge in [-0.1, -0.05) is 42.5 Å². The van der Waals surface area contributed by atoms with Gasteiger partial charge in [0, 0.05) is 32.7 Å². The second kappa shape index (κ2) is 10.6. The Balaban J connectivity index is 1.47. The van der Waals surface area contributed by atoms with Gasteiger partial charge in [0.1, 0.15) is 5.75 Å². The number of nitrogens with one attached hydrogen (secondary N) is 2. The van der Waals surface area contributed by atoms with Gasteiger partial charge in [0.15, 0.2) is 0 Å². The van der Waals surface area contributed by atoms with E-state index in [4.69, 9.17) is 4.74 Å². The van der Waals surface area contributed by atoms with Gasteiger partial charge >= 0.3 is 6.03 Å². The second-order valence-corrected chi connectivity index (χ2v) is 7.26. The van der Waals surface area contributed by atoms with E-state index in [0.717, 1.165) is 43.2 Å². The van der Waals surface area contributed by atoms with Gasteiger partial charge in [0.05, 0.1) is 18.3 Å². The summed E-state index contributed by atoms with van der Waals surface area (Å²) in [6.07, 6.45) is 0. The summed E-state index contributed by atoms with van der Waals surface area (Å²) in [5.41, 5.74) is 2.06. The molecule has 0 spiro atoms. The summed E-state index contributed by atoms with van der Waals surface area (Å²) in [5, 5.41) is 5.17. The van der Waals surface area contributed by atoms with Crippen LogP contribution in [0.3, 0.4) is 0 Å². The minimum atomic E-state index is -0.472. The fourth-order valence-corrected chi connectivity index (χ4v) is 3.55. The standard InChI is InChI=1S/C23H30N4O3/c1-3-30-21-12-8-7-11-20(21)27-15-13-26(14-16-27)18(2)22(28)25-23(29)24-17-19-9-5-4-6-10-19/h4-12,18H,3,13-17H2,1-2H3,(H2,24,25,28,29). The Labute approximate surface area is 178 Å². The maximum absolute atomic E-state index is 12.5. The van der Waals surface area contributed by atoms with Gasteiger partial charge in [0.2, 0.25) is 5.91 Å². The number of hydrogen-bond acceptors (Lipinski definition) is 5. The molecule has 0 aromatic heterocycles. The number of imide groups is 1. The Morgan fingerprint density at radius 2 is 1.67 bits per heavy atom. The van der Waals surface area contributed by atoms with Crippen LogP contribution < -0.4 is 20.3 Å². The zero-order chi connectivity index (χ0) is 21.3. The molecule has 0 aliphatic carbocycles. The first-order chi connectivity index (χ1) is 14.6. The summed E-state index contributed by atoms with van der Waals surface area (Å²) in [5.74, 6) is 0.595. The summed E-state index contributed by atoms with van der Waals surface area (Å²) in [6.45, 7) is 7.88. The molecule has 160 valence electrons. The highest BCUT2D eigenvalue weighted by molar-refractivity contribution is 5.96. The van der Waals surface area contributed by atoms with Gasteiger partial charge in [-0.05, 0) is 31.5 Å². The number of hydrogen-bond donors (Lipinski definition) is 2. The van der Waals surface area contributed by atoms with E-state index in [1.165, 1.54) is 0 Å². The monoisotopic (exact) mass is 410 g/mol. The molecule has 30 heavy (non-hydrogen) atoms. The van der Waals surface area contributed by atoms with Crippen LogP contribution in [0.5, 0.6) is 5.75 Å². The normalized spacial score (nSPS) is 15.3. The maximum Gasteiger partial charge on any atom is 0.321 e. The molecule has 3 rings (SSSR count). The number of carbonyl (C=O) groups excluding carboxylic acids is 2. The number of benzene rings is 2. The third-order valence-corrected chi connectivity index (χ3v) is 5.28. The van der Waals surface area contributed by atoms with Crippen LogP contribution in [0.25, 0.3) is 0 Å². The van der Waals surface area contributed by atoms with Crippen LogP contribution in [-0.2, 0) is 11.3 Å². The van der Waals surface area contributed by atoms with E-state index in [-0.39, 0.29) is 11.9 Å². The average Bonchev–Trinajstić information content (AvgIpc) is 2.78. The summed E-state index contributed by atoms with van der Waals surface area (Å²) in [6, 6.07) is 16.8. The number of carbonyl (C=O) groups is 2. The van der Waals surface area contributed by atoms with Gasteiger partial charge in [-0.25, -0.2) is 4.79 Å². The first-order valence-corrected chi connectivity index (χ1v) is 10.4. The molecule has 7 nitrogen and oxygen atoms in total. The van der Waals surface area contributed by atoms with E-state index in [2.05, 4.69) is 26.5 Å². The molecule has 1 fully saturated rings. The van der Waals surface area contributed by atoms with E-state index in [9.17, 15) is 9.59 Å². The van der Waals surface area contributed by atoms with E-state index < -0.39 is 6.03 Å². The van der Waals surface area contributed by atoms with Gasteiger partial charge in [0.25, 0.3) is 0 Å². The van der Waals surface area contributed by atoms with Crippen molar-refractivity contribution in [1.29, 1.82) is 0 Å². The fraction of sp³-hybridized carbons (Fsp3) is 0.391. The molecule has 0 bridgehead atoms. The van der Waals surface area contributed by atoms with Crippen molar-refractivity contribution in [1.82, 2.24) is 15.5 Å². The molecule has 2 aromatic rings. The molecule has 0 saturated carbocycles. The van der Waals surface area contributed by atoms with Crippen LogP contribution in [0, 0.1) is 0 Å². The largest absolute Gasteiger partial charge is 0.492 e. The Morgan fingerprint density at radius 3 is 2.37 bits per heavy atom. The molecule has 3 amide bonds. The van der Waals surface area contributed by atoms with Gasteiger partial charge in [-0.2, -0.15) is 0 Å². The van der Waals surface area contributed by atoms with Crippen LogP contribution in [0.2, 0.25) is 0 Å². The SMILES string of the molecule is CCOc1ccccc1N1CCN(C(C)C(=O)NC(=O)NCc2ccccc2)CC1. The molecular weight excluding hydrogens is 380 g/mol. The average molecular weight is 411 g/mol. The van der Waals surface area contributed by atoms with Crippen molar-refractivity contribution in [3.05, 3.63) is 60.2 Å².